The molecule has 0 fully saturated rings. The number of benzene rings is 3. The first-order valence-corrected chi connectivity index (χ1v) is 24.4. The number of carbonyl (C=O) groups excluding carboxylic acids is 3. The van der Waals surface area contributed by atoms with Crippen LogP contribution in [0.1, 0.15) is 54.3 Å². The Morgan fingerprint density at radius 1 is 0.675 bits per heavy atom. The molecule has 2 heterocycles. The maximum absolute atomic E-state index is 12.3. The van der Waals surface area contributed by atoms with E-state index in [1.54, 1.807) is 35.2 Å². The van der Waals surface area contributed by atoms with Gasteiger partial charge in [-0.25, -0.2) is 14.8 Å². The lowest BCUT2D eigenvalue weighted by Gasteiger charge is -2.13. The molecule has 5 aromatic rings. The second-order valence-corrected chi connectivity index (χ2v) is 16.2. The third kappa shape index (κ3) is 23.6. The van der Waals surface area contributed by atoms with Gasteiger partial charge in [0.25, 0.3) is 0 Å². The summed E-state index contributed by atoms with van der Waals surface area (Å²) in [6.45, 7) is 10.9. The van der Waals surface area contributed by atoms with Gasteiger partial charge >= 0.3 is 25.5 Å². The lowest BCUT2D eigenvalue weighted by molar-refractivity contribution is -0.244. The fourth-order valence-electron chi connectivity index (χ4n) is 6.76. The molecular weight excluding hydrogens is 1040 g/mol. The smallest absolute Gasteiger partial charge is 0.521 e. The van der Waals surface area contributed by atoms with Crippen LogP contribution in [-0.4, -0.2) is 152 Å². The minimum Gasteiger partial charge on any atom is -0.565 e. The SMILES string of the molecule is CCOC(=O)C(CCOCCOC)C(C)=O.COCCOCCc1c(C)c2c(OC)cc(O)c(C=O)c2oc1=O.COCCOCCc1c(C)c2c(OC)cc(O)cc2oc1=O.COc1cc(O)cc(O)c1.O=[P+]([O-])OO.[HH]. The van der Waals surface area contributed by atoms with E-state index in [-0.39, 0.29) is 48.0 Å². The summed E-state index contributed by atoms with van der Waals surface area (Å²) in [6, 6.07) is 8.30. The van der Waals surface area contributed by atoms with Gasteiger partial charge in [-0.15, -0.1) is 0 Å². The molecule has 430 valence electrons. The summed E-state index contributed by atoms with van der Waals surface area (Å²) >= 11 is 0. The Bertz CT molecular complexity index is 2720. The predicted octanol–water partition coefficient (Wildman–Crippen LogP) is 5.51. The van der Waals surface area contributed by atoms with E-state index in [1.165, 1.54) is 64.7 Å². The number of aryl methyl sites for hydroxylation is 2. The maximum atomic E-state index is 12.3. The normalized spacial score (nSPS) is 11.0. The van der Waals surface area contributed by atoms with Crippen LogP contribution in [0.25, 0.3) is 21.9 Å². The molecule has 0 aliphatic rings. The van der Waals surface area contributed by atoms with Gasteiger partial charge in [0, 0.05) is 94.4 Å². The Kier molecular flexibility index (Phi) is 33.6. The van der Waals surface area contributed by atoms with E-state index >= 15 is 0 Å². The zero-order chi connectivity index (χ0) is 58.0. The Hall–Kier alpha value is -6.77. The topological polar surface area (TPSA) is 354 Å². The number of ketones is 1. The summed E-state index contributed by atoms with van der Waals surface area (Å²) in [4.78, 5) is 67.1. The zero-order valence-electron chi connectivity index (χ0n) is 44.7. The van der Waals surface area contributed by atoms with Crippen LogP contribution in [-0.2, 0) is 64.8 Å². The van der Waals surface area contributed by atoms with Gasteiger partial charge in [0.1, 0.15) is 57.5 Å². The highest BCUT2D eigenvalue weighted by molar-refractivity contribution is 7.30. The van der Waals surface area contributed by atoms with Crippen molar-refractivity contribution in [1.82, 2.24) is 0 Å². The molecule has 0 radical (unpaired) electrons. The number of aromatic hydroxyl groups is 4. The van der Waals surface area contributed by atoms with Gasteiger partial charge < -0.3 is 81.5 Å². The first-order valence-electron chi connectivity index (χ1n) is 23.3. The van der Waals surface area contributed by atoms with Crippen molar-refractivity contribution in [1.29, 1.82) is 0 Å². The van der Waals surface area contributed by atoms with E-state index in [9.17, 15) is 34.2 Å². The Balaban J connectivity index is 0.00000101. The summed E-state index contributed by atoms with van der Waals surface area (Å²) in [7, 11) is 6.14. The average molecular weight is 1120 g/mol. The van der Waals surface area contributed by atoms with Crippen LogP contribution in [0, 0.1) is 19.8 Å². The van der Waals surface area contributed by atoms with Crippen molar-refractivity contribution in [3.63, 3.8) is 0 Å². The molecule has 0 saturated carbocycles. The van der Waals surface area contributed by atoms with Crippen LogP contribution >= 0.6 is 8.25 Å². The molecule has 0 bridgehead atoms. The average Bonchev–Trinajstić information content (AvgIpc) is 3.40. The molecule has 77 heavy (non-hydrogen) atoms. The van der Waals surface area contributed by atoms with E-state index in [2.05, 4.69) is 4.67 Å². The molecule has 0 aliphatic heterocycles. The number of rotatable bonds is 26. The third-order valence-electron chi connectivity index (χ3n) is 10.5. The number of hydrogen-bond donors (Lipinski definition) is 5. The molecule has 0 spiro atoms. The Morgan fingerprint density at radius 3 is 1.58 bits per heavy atom. The van der Waals surface area contributed by atoms with Gasteiger partial charge in [-0.1, -0.05) is 0 Å². The van der Waals surface area contributed by atoms with Crippen LogP contribution in [0.5, 0.6) is 40.2 Å². The third-order valence-corrected chi connectivity index (χ3v) is 10.6. The molecular formula is C51H71O25P. The van der Waals surface area contributed by atoms with Crippen LogP contribution in [0.2, 0.25) is 0 Å². The van der Waals surface area contributed by atoms with Crippen molar-refractivity contribution in [2.45, 2.75) is 47.0 Å². The van der Waals surface area contributed by atoms with Gasteiger partial charge in [0.2, 0.25) is 0 Å². The van der Waals surface area contributed by atoms with Crippen molar-refractivity contribution in [3.8, 4) is 40.2 Å². The van der Waals surface area contributed by atoms with Crippen LogP contribution in [0.3, 0.4) is 0 Å². The highest BCUT2D eigenvalue weighted by atomic mass is 31.1. The van der Waals surface area contributed by atoms with Gasteiger partial charge in [0.15, 0.2) is 11.9 Å². The molecule has 2 unspecified atom stereocenters. The van der Waals surface area contributed by atoms with Crippen molar-refractivity contribution in [2.24, 2.45) is 5.92 Å². The molecule has 26 heteroatoms. The van der Waals surface area contributed by atoms with E-state index < -0.39 is 31.4 Å². The highest BCUT2D eigenvalue weighted by Gasteiger charge is 2.24. The molecule has 0 amide bonds. The number of carbonyl (C=O) groups is 3. The van der Waals surface area contributed by atoms with Crippen molar-refractivity contribution in [3.05, 3.63) is 85.1 Å². The standard InChI is InChI=1S/C17H20O7.C16H20O6.C11H20O5.C7H8O3.HO4P.H2/c1-10-11(4-5-23-7-6-21-2)17(20)24-16-12(9-18)13(19)8-14(22-3)15(10)16;1-10-12(4-5-21-7-6-19-2)16(18)22-14-9-11(17)8-13(20-3)15(10)14;1-4-16-11(13)10(9(2)12)5-6-15-8-7-14-3;1-10-7-3-5(8)2-6(9)4-7;1-4-5(2)3;/h8-9,19H,4-7H2,1-3H3;8-9,17H,4-7H2,1-3H3;10H,4-8H2,1-3H3;2-4,8-9H,1H3;1H;1H. The number of Topliss-reactive ketones (excluding diaryl/α,β-unsaturated/α-hetero) is 1. The molecule has 0 aliphatic carbocycles. The number of hydrogen-bond acceptors (Lipinski definition) is 25. The fraction of sp³-hybridized carbons (Fsp3) is 0.471. The van der Waals surface area contributed by atoms with Crippen molar-refractivity contribution in [2.75, 3.05) is 109 Å². The zero-order valence-corrected chi connectivity index (χ0v) is 45.6. The number of phenols is 4. The van der Waals surface area contributed by atoms with Crippen LogP contribution in [0.4, 0.5) is 0 Å². The maximum Gasteiger partial charge on any atom is 0.521 e. The largest absolute Gasteiger partial charge is 0.565 e. The second-order valence-electron chi connectivity index (χ2n) is 15.6. The lowest BCUT2D eigenvalue weighted by Crippen LogP contribution is -2.26. The van der Waals surface area contributed by atoms with Crippen molar-refractivity contribution >= 4 is 48.2 Å². The summed E-state index contributed by atoms with van der Waals surface area (Å²) in [5.74, 6) is -0.434. The number of aldehydes is 1. The highest BCUT2D eigenvalue weighted by Crippen LogP contribution is 2.37. The van der Waals surface area contributed by atoms with E-state index in [1.807, 2.05) is 6.92 Å². The summed E-state index contributed by atoms with van der Waals surface area (Å²) in [5, 5.41) is 45.5. The number of esters is 1. The van der Waals surface area contributed by atoms with Gasteiger partial charge in [0.05, 0.1) is 97.1 Å². The first-order chi connectivity index (χ1) is 36.7. The van der Waals surface area contributed by atoms with E-state index in [4.69, 9.17) is 81.1 Å². The predicted molar refractivity (Wildman–Crippen MR) is 277 cm³/mol. The fourth-order valence-corrected chi connectivity index (χ4v) is 6.76. The van der Waals surface area contributed by atoms with Gasteiger partial charge in [-0.05, 0) is 49.8 Å². The molecule has 25 nitrogen and oxygen atoms in total. The first kappa shape index (κ1) is 68.2. The monoisotopic (exact) mass is 1110 g/mol. The molecule has 5 rings (SSSR count). The molecule has 2 atom stereocenters. The van der Waals surface area contributed by atoms with Gasteiger partial charge in [-0.3, -0.25) is 14.4 Å². The van der Waals surface area contributed by atoms with Crippen LogP contribution < -0.4 is 30.4 Å². The van der Waals surface area contributed by atoms with Crippen molar-refractivity contribution < 1.29 is 112 Å². The minimum atomic E-state index is -3.04. The second kappa shape index (κ2) is 37.9. The lowest BCUT2D eigenvalue weighted by atomic mass is 10.0. The minimum absolute atomic E-state index is 0. The molecule has 2 aromatic heterocycles. The number of methoxy groups -OCH3 is 6. The van der Waals surface area contributed by atoms with E-state index in [0.717, 1.165) is 5.56 Å². The molecule has 5 N–H and O–H groups in total. The Morgan fingerprint density at radius 2 is 1.14 bits per heavy atom. The quantitative estimate of drug-likeness (QED) is 0.00666. The van der Waals surface area contributed by atoms with E-state index in [0.29, 0.717) is 135 Å². The number of phenolic OH excluding ortho intramolecular Hbond substituents is 4. The summed E-state index contributed by atoms with van der Waals surface area (Å²) in [6.07, 6.45) is 1.61. The summed E-state index contributed by atoms with van der Waals surface area (Å²) in [5.41, 5.74) is 1.68. The van der Waals surface area contributed by atoms with Crippen LogP contribution in [0.15, 0.2) is 54.8 Å². The summed E-state index contributed by atoms with van der Waals surface area (Å²) < 4.78 is 72.9. The molecule has 0 saturated heterocycles. The Labute approximate surface area is 446 Å². The van der Waals surface area contributed by atoms with Gasteiger partial charge in [-0.2, -0.15) is 0 Å². The number of fused-ring (bicyclic) bond motifs is 2. The molecule has 3 aromatic carbocycles. The number of ether oxygens (including phenoxy) is 10.